The molecule has 0 aliphatic rings. The summed E-state index contributed by atoms with van der Waals surface area (Å²) in [7, 11) is 0. The van der Waals surface area contributed by atoms with Crippen LogP contribution in [0.1, 0.15) is 34.0 Å². The van der Waals surface area contributed by atoms with E-state index in [4.69, 9.17) is 14.6 Å². The number of carboxylic acid groups (broad SMARTS) is 1. The van der Waals surface area contributed by atoms with Gasteiger partial charge in [-0.3, -0.25) is 4.79 Å². The van der Waals surface area contributed by atoms with E-state index in [1.807, 2.05) is 44.2 Å². The van der Waals surface area contributed by atoms with E-state index in [1.165, 1.54) is 30.3 Å². The molecule has 2 N–H and O–H groups in total. The molecule has 0 saturated heterocycles. The molecule has 0 bridgehead atoms. The van der Waals surface area contributed by atoms with Crippen LogP contribution >= 0.6 is 15.9 Å². The van der Waals surface area contributed by atoms with Gasteiger partial charge in [0.15, 0.2) is 11.5 Å². The summed E-state index contributed by atoms with van der Waals surface area (Å²) in [6.07, 6.45) is 1.44. The summed E-state index contributed by atoms with van der Waals surface area (Å²) in [5.74, 6) is -0.690. The second-order valence-corrected chi connectivity index (χ2v) is 8.34. The number of amides is 1. The van der Waals surface area contributed by atoms with Gasteiger partial charge in [0.25, 0.3) is 5.91 Å². The Morgan fingerprint density at radius 2 is 1.83 bits per heavy atom. The van der Waals surface area contributed by atoms with Crippen LogP contribution in [0.3, 0.4) is 0 Å². The van der Waals surface area contributed by atoms with Crippen molar-refractivity contribution in [3.05, 3.63) is 93.0 Å². The molecule has 1 amide bonds. The van der Waals surface area contributed by atoms with E-state index in [1.54, 1.807) is 12.1 Å². The summed E-state index contributed by atoms with van der Waals surface area (Å²) in [4.78, 5) is 23.6. The molecule has 3 rings (SSSR count). The topological polar surface area (TPSA) is 109 Å². The van der Waals surface area contributed by atoms with Crippen LogP contribution in [0.2, 0.25) is 0 Å². The number of aromatic carboxylic acids is 1. The summed E-state index contributed by atoms with van der Waals surface area (Å²) in [5, 5.41) is 21.2. The monoisotopic (exact) mass is 534 g/mol. The minimum absolute atomic E-state index is 0.0945. The summed E-state index contributed by atoms with van der Waals surface area (Å²) in [5.41, 5.74) is 3.06. The number of ether oxygens (including phenoxy) is 2. The molecule has 0 radical (unpaired) electrons. The third-order valence-corrected chi connectivity index (χ3v) is 5.62. The number of halogens is 1. The maximum atomic E-state index is 12.6. The van der Waals surface area contributed by atoms with Gasteiger partial charge in [0.1, 0.15) is 18.2 Å². The molecule has 3 aromatic carbocycles. The van der Waals surface area contributed by atoms with Crippen molar-refractivity contribution in [2.75, 3.05) is 11.9 Å². The Morgan fingerprint density at radius 1 is 1.11 bits per heavy atom. The van der Waals surface area contributed by atoms with E-state index in [2.05, 4.69) is 21.2 Å². The van der Waals surface area contributed by atoms with Crippen LogP contribution < -0.4 is 14.8 Å². The Balaban J connectivity index is 1.83. The van der Waals surface area contributed by atoms with Gasteiger partial charge in [-0.2, -0.15) is 5.26 Å². The predicted molar refractivity (Wildman–Crippen MR) is 136 cm³/mol. The van der Waals surface area contributed by atoms with Gasteiger partial charge in [0.05, 0.1) is 16.6 Å². The highest BCUT2D eigenvalue weighted by molar-refractivity contribution is 9.10. The molecule has 0 aromatic heterocycles. The third-order valence-electron chi connectivity index (χ3n) is 5.03. The molecule has 0 heterocycles. The van der Waals surface area contributed by atoms with Crippen LogP contribution in [0.15, 0.2) is 70.7 Å². The van der Waals surface area contributed by atoms with Crippen molar-refractivity contribution >= 4 is 39.6 Å². The van der Waals surface area contributed by atoms with Crippen LogP contribution in [0.4, 0.5) is 5.69 Å². The molecule has 0 spiro atoms. The van der Waals surface area contributed by atoms with Crippen LogP contribution in [0.25, 0.3) is 6.08 Å². The molecule has 0 atom stereocenters. The number of nitriles is 1. The van der Waals surface area contributed by atoms with Gasteiger partial charge in [-0.05, 0) is 88.9 Å². The van der Waals surface area contributed by atoms with Crippen LogP contribution in [0, 0.1) is 18.3 Å². The van der Waals surface area contributed by atoms with Crippen LogP contribution in [-0.2, 0) is 11.4 Å². The van der Waals surface area contributed by atoms with Gasteiger partial charge in [-0.25, -0.2) is 4.79 Å². The first-order valence-electron chi connectivity index (χ1n) is 10.7. The first-order chi connectivity index (χ1) is 16.8. The fourth-order valence-electron chi connectivity index (χ4n) is 3.21. The predicted octanol–water partition coefficient (Wildman–Crippen LogP) is 5.98. The normalized spacial score (nSPS) is 10.9. The van der Waals surface area contributed by atoms with Crippen molar-refractivity contribution in [2.24, 2.45) is 0 Å². The Labute approximate surface area is 211 Å². The van der Waals surface area contributed by atoms with E-state index in [9.17, 15) is 14.9 Å². The highest BCUT2D eigenvalue weighted by Crippen LogP contribution is 2.38. The molecule has 35 heavy (non-hydrogen) atoms. The molecule has 0 saturated carbocycles. The van der Waals surface area contributed by atoms with E-state index >= 15 is 0 Å². The SMILES string of the molecule is CCOc1cc(/C=C(\C#N)C(=O)Nc2ccc(C(=O)O)cc2)cc(Br)c1OCc1ccccc1C. The largest absolute Gasteiger partial charge is 0.490 e. The summed E-state index contributed by atoms with van der Waals surface area (Å²) in [6, 6.07) is 18.9. The molecule has 0 fully saturated rings. The van der Waals surface area contributed by atoms with E-state index in [0.29, 0.717) is 40.4 Å². The standard InChI is InChI=1S/C27H23BrN2O5/c1-3-34-24-14-18(13-23(28)25(24)35-16-20-7-5-4-6-17(20)2)12-21(15-29)26(31)30-22-10-8-19(9-11-22)27(32)33/h4-14H,3,16H2,1-2H3,(H,30,31)(H,32,33)/b21-12+. The molecular formula is C27H23BrN2O5. The smallest absolute Gasteiger partial charge is 0.335 e. The first kappa shape index (κ1) is 25.5. The minimum Gasteiger partial charge on any atom is -0.490 e. The van der Waals surface area contributed by atoms with Gasteiger partial charge < -0.3 is 19.9 Å². The summed E-state index contributed by atoms with van der Waals surface area (Å²) in [6.45, 7) is 4.62. The number of nitrogens with zero attached hydrogens (tertiary/aromatic N) is 1. The molecule has 178 valence electrons. The maximum absolute atomic E-state index is 12.6. The molecule has 7 nitrogen and oxygen atoms in total. The number of anilines is 1. The van der Waals surface area contributed by atoms with Crippen molar-refractivity contribution in [1.29, 1.82) is 5.26 Å². The first-order valence-corrected chi connectivity index (χ1v) is 11.5. The molecular weight excluding hydrogens is 512 g/mol. The Bertz CT molecular complexity index is 1310. The van der Waals surface area contributed by atoms with Gasteiger partial charge in [-0.15, -0.1) is 0 Å². The number of carboxylic acids is 1. The number of rotatable bonds is 9. The number of carbonyl (C=O) groups is 2. The zero-order valence-electron chi connectivity index (χ0n) is 19.2. The fraction of sp³-hybridized carbons (Fsp3) is 0.148. The molecule has 0 aliphatic carbocycles. The number of hydrogen-bond donors (Lipinski definition) is 2. The quantitative estimate of drug-likeness (QED) is 0.258. The Morgan fingerprint density at radius 3 is 2.46 bits per heavy atom. The Hall–Kier alpha value is -4.09. The third kappa shape index (κ3) is 6.71. The second kappa shape index (κ2) is 11.9. The maximum Gasteiger partial charge on any atom is 0.335 e. The average molecular weight is 535 g/mol. The van der Waals surface area contributed by atoms with Crippen molar-refractivity contribution in [3.63, 3.8) is 0 Å². The molecule has 3 aromatic rings. The van der Waals surface area contributed by atoms with Gasteiger partial charge in [0.2, 0.25) is 0 Å². The van der Waals surface area contributed by atoms with Gasteiger partial charge >= 0.3 is 5.97 Å². The fourth-order valence-corrected chi connectivity index (χ4v) is 3.78. The average Bonchev–Trinajstić information content (AvgIpc) is 2.83. The highest BCUT2D eigenvalue weighted by Gasteiger charge is 2.15. The van der Waals surface area contributed by atoms with Gasteiger partial charge in [-0.1, -0.05) is 24.3 Å². The van der Waals surface area contributed by atoms with Crippen LogP contribution in [0.5, 0.6) is 11.5 Å². The molecule has 8 heteroatoms. The lowest BCUT2D eigenvalue weighted by Crippen LogP contribution is -2.13. The van der Waals surface area contributed by atoms with Gasteiger partial charge in [0, 0.05) is 5.69 Å². The van der Waals surface area contributed by atoms with Crippen molar-refractivity contribution in [2.45, 2.75) is 20.5 Å². The number of aryl methyl sites for hydroxylation is 1. The second-order valence-electron chi connectivity index (χ2n) is 7.48. The summed E-state index contributed by atoms with van der Waals surface area (Å²) >= 11 is 3.52. The van der Waals surface area contributed by atoms with Crippen LogP contribution in [-0.4, -0.2) is 23.6 Å². The zero-order valence-corrected chi connectivity index (χ0v) is 20.8. The van der Waals surface area contributed by atoms with Crippen molar-refractivity contribution < 1.29 is 24.2 Å². The molecule has 0 unspecified atom stereocenters. The molecule has 0 aliphatic heterocycles. The number of carbonyl (C=O) groups excluding carboxylic acids is 1. The zero-order chi connectivity index (χ0) is 25.4. The van der Waals surface area contributed by atoms with E-state index in [0.717, 1.165) is 11.1 Å². The lowest BCUT2D eigenvalue weighted by molar-refractivity contribution is -0.112. The van der Waals surface area contributed by atoms with E-state index < -0.39 is 11.9 Å². The number of hydrogen-bond acceptors (Lipinski definition) is 5. The van der Waals surface area contributed by atoms with Crippen molar-refractivity contribution in [3.8, 4) is 17.6 Å². The Kier molecular flexibility index (Phi) is 8.65. The highest BCUT2D eigenvalue weighted by atomic mass is 79.9. The lowest BCUT2D eigenvalue weighted by atomic mass is 10.1. The summed E-state index contributed by atoms with van der Waals surface area (Å²) < 4.78 is 12.4. The van der Waals surface area contributed by atoms with Crippen molar-refractivity contribution in [1.82, 2.24) is 0 Å². The van der Waals surface area contributed by atoms with E-state index in [-0.39, 0.29) is 11.1 Å². The minimum atomic E-state index is -1.07. The number of benzene rings is 3. The number of nitrogens with one attached hydrogen (secondary N) is 1. The lowest BCUT2D eigenvalue weighted by Gasteiger charge is -2.15.